The minimum atomic E-state index is -6.02. The third-order valence-electron chi connectivity index (χ3n) is 8.18. The van der Waals surface area contributed by atoms with Crippen LogP contribution in [0.3, 0.4) is 0 Å². The topological polar surface area (TPSA) is 118 Å². The van der Waals surface area contributed by atoms with Crippen LogP contribution in [-0.4, -0.2) is 80.4 Å². The van der Waals surface area contributed by atoms with Crippen molar-refractivity contribution in [2.75, 3.05) is 0 Å². The van der Waals surface area contributed by atoms with Crippen molar-refractivity contribution < 1.29 is 156 Å². The number of hydrogen-bond donors (Lipinski definition) is 5. The molecule has 0 aliphatic rings. The molecule has 0 bridgehead atoms. The molecule has 0 aliphatic carbocycles. The molecule has 0 aliphatic heterocycles. The quantitative estimate of drug-likeness (QED) is 0.0329. The monoisotopic (exact) mass is 1260 g/mol. The first-order chi connectivity index (χ1) is 30.5. The fraction of sp³-hybridized carbons (Fsp3) is 0.186. The van der Waals surface area contributed by atoms with Crippen LogP contribution < -0.4 is 31.8 Å². The van der Waals surface area contributed by atoms with Crippen LogP contribution in [0.2, 0.25) is 0 Å². The molecule has 0 spiro atoms. The van der Waals surface area contributed by atoms with Crippen molar-refractivity contribution in [3.05, 3.63) is 170 Å². The van der Waals surface area contributed by atoms with Crippen LogP contribution in [0.5, 0.6) is 0 Å². The number of carbonyl (C=O) groups is 1. The van der Waals surface area contributed by atoms with Gasteiger partial charge in [-0.2, -0.15) is 65.9 Å². The third kappa shape index (κ3) is 20.3. The maximum Gasteiger partial charge on any atom is 0.465 e. The van der Waals surface area contributed by atoms with E-state index in [1.165, 1.54) is 31.8 Å². The van der Waals surface area contributed by atoms with Gasteiger partial charge < -0.3 is 25.5 Å². The summed E-state index contributed by atoms with van der Waals surface area (Å²) < 4.78 is 167. The van der Waals surface area contributed by atoms with Crippen molar-refractivity contribution in [3.8, 4) is 0 Å². The van der Waals surface area contributed by atoms with E-state index >= 15 is 0 Å². The van der Waals surface area contributed by atoms with E-state index in [0.717, 1.165) is 0 Å². The molecule has 1 radical (unpaired) electrons. The van der Waals surface area contributed by atoms with Gasteiger partial charge in [-0.25, -0.2) is 29.1 Å². The number of hydrogen-bond acceptors (Lipinski definition) is 5. The largest absolute Gasteiger partial charge is 0.477 e. The summed E-state index contributed by atoms with van der Waals surface area (Å²) >= 11 is 0. The zero-order chi connectivity index (χ0) is 50.1. The number of carboxylic acid groups (broad SMARTS) is 1. The molecule has 69 heavy (non-hydrogen) atoms. The van der Waals surface area contributed by atoms with Crippen molar-refractivity contribution in [2.24, 2.45) is 0 Å². The zero-order valence-electron chi connectivity index (χ0n) is 34.1. The van der Waals surface area contributed by atoms with Gasteiger partial charge in [0.25, 0.3) is 0 Å². The summed E-state index contributed by atoms with van der Waals surface area (Å²) in [6, 6.07) is 60.8. The molecule has 0 aromatic heterocycles. The summed E-state index contributed by atoms with van der Waals surface area (Å²) in [6.07, 6.45) is -25.2. The van der Waals surface area contributed by atoms with Crippen LogP contribution >= 0.6 is 15.8 Å². The Labute approximate surface area is 426 Å². The summed E-state index contributed by atoms with van der Waals surface area (Å²) in [7, 11) is -1.67. The molecule has 26 heteroatoms. The SMILES string of the molecule is O=C(O)C(F)(F)C(F)(F)F.OC(O)C(F)(F)C(F)(F)F.OC(O)C(F)(F)C(F)(F)F.[Ag].[Fe].[Pd].c1ccc([PH+](c2ccccc2)[c-]2cccc2)cc1.c1ccc([PH+](c2ccccc2)[c-]2cccc2)cc1. The average molecular weight is 1270 g/mol. The van der Waals surface area contributed by atoms with Crippen LogP contribution in [0.25, 0.3) is 0 Å². The molecule has 6 aromatic rings. The number of alkyl halides is 15. The molecule has 0 heterocycles. The van der Waals surface area contributed by atoms with Gasteiger partial charge in [0.15, 0.2) is 0 Å². The molecular weight excluding hydrogens is 1230 g/mol. The van der Waals surface area contributed by atoms with Crippen molar-refractivity contribution in [3.63, 3.8) is 0 Å². The summed E-state index contributed by atoms with van der Waals surface area (Å²) in [4.78, 5) is 9.20. The molecule has 5 N–H and O–H groups in total. The number of aliphatic hydroxyl groups excluding tert-OH is 2. The molecule has 0 amide bonds. The van der Waals surface area contributed by atoms with Gasteiger partial charge in [0.2, 0.25) is 12.6 Å². The minimum Gasteiger partial charge on any atom is -0.477 e. The summed E-state index contributed by atoms with van der Waals surface area (Å²) in [5.41, 5.74) is 0. The average Bonchev–Trinajstić information content (AvgIpc) is 3.99. The first-order valence-corrected chi connectivity index (χ1v) is 21.2. The summed E-state index contributed by atoms with van der Waals surface area (Å²) in [5.74, 6) is -19.7. The summed E-state index contributed by atoms with van der Waals surface area (Å²) in [5, 5.41) is 46.0. The second-order valence-electron chi connectivity index (χ2n) is 12.9. The molecule has 6 aromatic carbocycles. The molecule has 0 saturated heterocycles. The van der Waals surface area contributed by atoms with Gasteiger partial charge >= 0.3 is 42.3 Å². The first-order valence-electron chi connectivity index (χ1n) is 18.2. The van der Waals surface area contributed by atoms with Gasteiger partial charge in [-0.3, -0.25) is 0 Å². The van der Waals surface area contributed by atoms with Crippen LogP contribution in [0.15, 0.2) is 170 Å². The normalized spacial score (nSPS) is 11.7. The fourth-order valence-electron chi connectivity index (χ4n) is 4.91. The Morgan fingerprint density at radius 1 is 0.406 bits per heavy atom. The number of halogens is 15. The Morgan fingerprint density at radius 2 is 0.609 bits per heavy atom. The van der Waals surface area contributed by atoms with Crippen LogP contribution in [0.1, 0.15) is 0 Å². The minimum absolute atomic E-state index is 0. The van der Waals surface area contributed by atoms with E-state index in [1.54, 1.807) is 0 Å². The van der Waals surface area contributed by atoms with Gasteiger partial charge in [-0.1, -0.05) is 72.8 Å². The third-order valence-corrected chi connectivity index (χ3v) is 13.6. The number of benzene rings is 4. The fourth-order valence-corrected chi connectivity index (χ4v) is 10.1. The Kier molecular flexibility index (Phi) is 29.3. The molecular formula is C43H37AgF15FeO6P2Pd. The van der Waals surface area contributed by atoms with Gasteiger partial charge in [0, 0.05) is 75.7 Å². The second-order valence-corrected chi connectivity index (χ2v) is 17.9. The van der Waals surface area contributed by atoms with E-state index in [1.807, 2.05) is 0 Å². The Morgan fingerprint density at radius 3 is 0.725 bits per heavy atom. The predicted octanol–water partition coefficient (Wildman–Crippen LogP) is 8.04. The Hall–Kier alpha value is -3.38. The van der Waals surface area contributed by atoms with Gasteiger partial charge in [-0.05, 0) is 59.1 Å². The van der Waals surface area contributed by atoms with E-state index in [0.29, 0.717) is 0 Å². The molecule has 0 saturated carbocycles. The zero-order valence-corrected chi connectivity index (χ0v) is 40.2. The van der Waals surface area contributed by atoms with Crippen LogP contribution in [-0.2, 0) is 64.7 Å². The molecule has 0 unspecified atom stereocenters. The van der Waals surface area contributed by atoms with Crippen molar-refractivity contribution in [1.82, 2.24) is 0 Å². The second kappa shape index (κ2) is 29.8. The molecule has 6 rings (SSSR count). The standard InChI is InChI=1S/2C17H15P.2C3H3F5O2.C3HF5O2.Ag.Fe.Pd/c2*1-3-9-15(10-4-1)18(17-13-7-8-14-17)16-11-5-2-6-12-16;3*4-2(5,1(9)10)3(6,7)8;;;/h2*1-14,18H;2*1,9-10H;(H,9,10);;;. The van der Waals surface area contributed by atoms with Gasteiger partial charge in [0.05, 0.1) is 21.2 Å². The number of carboxylic acids is 1. The van der Waals surface area contributed by atoms with Crippen molar-refractivity contribution >= 4 is 53.6 Å². The molecule has 389 valence electrons. The molecule has 0 atom stereocenters. The van der Waals surface area contributed by atoms with Crippen LogP contribution in [0, 0.1) is 0 Å². The van der Waals surface area contributed by atoms with Gasteiger partial charge in [0.1, 0.15) is 0 Å². The van der Waals surface area contributed by atoms with Gasteiger partial charge in [-0.15, -0.1) is 24.3 Å². The molecule has 0 fully saturated rings. The maximum absolute atomic E-state index is 11.4. The smallest absolute Gasteiger partial charge is 0.465 e. The van der Waals surface area contributed by atoms with E-state index in [9.17, 15) is 70.7 Å². The van der Waals surface area contributed by atoms with Crippen LogP contribution in [0.4, 0.5) is 65.9 Å². The number of aliphatic carboxylic acids is 1. The predicted molar refractivity (Wildman–Crippen MR) is 221 cm³/mol. The van der Waals surface area contributed by atoms with E-state index in [4.69, 9.17) is 25.5 Å². The summed E-state index contributed by atoms with van der Waals surface area (Å²) in [6.45, 7) is 0. The number of rotatable bonds is 9. The Balaban J connectivity index is 0. The Bertz CT molecular complexity index is 2040. The van der Waals surface area contributed by atoms with E-state index in [-0.39, 0.29) is 59.9 Å². The first kappa shape index (κ1) is 67.7. The molecule has 6 nitrogen and oxygen atoms in total. The van der Waals surface area contributed by atoms with Crippen molar-refractivity contribution in [1.29, 1.82) is 0 Å². The maximum atomic E-state index is 11.4. The van der Waals surface area contributed by atoms with E-state index < -0.39 is 70.7 Å². The number of aliphatic hydroxyl groups is 4. The van der Waals surface area contributed by atoms with Crippen molar-refractivity contribution in [2.45, 2.75) is 48.9 Å². The van der Waals surface area contributed by atoms with E-state index in [2.05, 4.69) is 170 Å².